The number of nitrogens with zero attached hydrogens (tertiary/aromatic N) is 1. The topological polar surface area (TPSA) is 41.6 Å². The lowest BCUT2D eigenvalue weighted by Gasteiger charge is -2.26. The minimum Gasteiger partial charge on any atom is -0.379 e. The summed E-state index contributed by atoms with van der Waals surface area (Å²) in [6.45, 7) is 11.0. The number of hydrogen-bond donors (Lipinski definition) is 1. The summed E-state index contributed by atoms with van der Waals surface area (Å²) in [7, 11) is 0. The summed E-state index contributed by atoms with van der Waals surface area (Å²) in [5.41, 5.74) is 1.86. The molecule has 2 rings (SSSR count). The molecule has 1 heterocycles. The van der Waals surface area contributed by atoms with E-state index in [1.54, 1.807) is 0 Å². The molecule has 0 radical (unpaired) electrons. The molecule has 1 N–H and O–H groups in total. The highest BCUT2D eigenvalue weighted by molar-refractivity contribution is 5.94. The van der Waals surface area contributed by atoms with Gasteiger partial charge in [-0.2, -0.15) is 0 Å². The quantitative estimate of drug-likeness (QED) is 0.867. The molecular weight excluding hydrogens is 288 g/mol. The summed E-state index contributed by atoms with van der Waals surface area (Å²) in [4.78, 5) is 14.4. The van der Waals surface area contributed by atoms with E-state index in [1.807, 2.05) is 24.3 Å². The lowest BCUT2D eigenvalue weighted by molar-refractivity contribution is 0.0342. The van der Waals surface area contributed by atoms with Crippen LogP contribution in [0, 0.1) is 17.3 Å². The van der Waals surface area contributed by atoms with Crippen molar-refractivity contribution in [1.82, 2.24) is 10.2 Å². The minimum atomic E-state index is -0.0777. The molecule has 0 bridgehead atoms. The van der Waals surface area contributed by atoms with Gasteiger partial charge in [0, 0.05) is 30.6 Å². The second-order valence-electron chi connectivity index (χ2n) is 6.82. The third-order valence-electron chi connectivity index (χ3n) is 3.53. The monoisotopic (exact) mass is 314 g/mol. The molecule has 1 aliphatic heterocycles. The van der Waals surface area contributed by atoms with E-state index in [4.69, 9.17) is 4.74 Å². The number of benzene rings is 1. The van der Waals surface area contributed by atoms with Gasteiger partial charge >= 0.3 is 0 Å². The molecule has 4 heteroatoms. The number of amides is 1. The third kappa shape index (κ3) is 6.43. The largest absolute Gasteiger partial charge is 0.379 e. The molecule has 0 saturated carbocycles. The SMILES string of the molecule is CC(C)(C)C#CCNC(=O)c1ccc(CN2CCOCC2)cc1. The first-order valence-electron chi connectivity index (χ1n) is 8.11. The van der Waals surface area contributed by atoms with Gasteiger partial charge in [-0.05, 0) is 38.5 Å². The second kappa shape index (κ2) is 8.14. The highest BCUT2D eigenvalue weighted by Crippen LogP contribution is 2.10. The maximum Gasteiger partial charge on any atom is 0.252 e. The zero-order valence-electron chi connectivity index (χ0n) is 14.3. The van der Waals surface area contributed by atoms with Gasteiger partial charge in [0.05, 0.1) is 19.8 Å². The summed E-state index contributed by atoms with van der Waals surface area (Å²) in [5.74, 6) is 6.02. The maximum absolute atomic E-state index is 12.1. The van der Waals surface area contributed by atoms with Crippen molar-refractivity contribution >= 4 is 5.91 Å². The van der Waals surface area contributed by atoms with Crippen molar-refractivity contribution in [2.45, 2.75) is 27.3 Å². The van der Waals surface area contributed by atoms with Crippen molar-refractivity contribution < 1.29 is 9.53 Å². The Morgan fingerprint density at radius 3 is 2.48 bits per heavy atom. The highest BCUT2D eigenvalue weighted by atomic mass is 16.5. The van der Waals surface area contributed by atoms with Crippen LogP contribution in [0.1, 0.15) is 36.7 Å². The maximum atomic E-state index is 12.1. The smallest absolute Gasteiger partial charge is 0.252 e. The Kier molecular flexibility index (Phi) is 6.20. The van der Waals surface area contributed by atoms with E-state index >= 15 is 0 Å². The molecule has 1 aromatic carbocycles. The molecule has 0 atom stereocenters. The number of hydrogen-bond acceptors (Lipinski definition) is 3. The van der Waals surface area contributed by atoms with E-state index in [2.05, 4.69) is 42.8 Å². The summed E-state index contributed by atoms with van der Waals surface area (Å²) >= 11 is 0. The Morgan fingerprint density at radius 1 is 1.22 bits per heavy atom. The van der Waals surface area contributed by atoms with Gasteiger partial charge in [0.1, 0.15) is 0 Å². The van der Waals surface area contributed by atoms with Crippen LogP contribution in [-0.2, 0) is 11.3 Å². The molecule has 1 amide bonds. The molecule has 4 nitrogen and oxygen atoms in total. The number of nitrogens with one attached hydrogen (secondary N) is 1. The molecular formula is C19H26N2O2. The summed E-state index contributed by atoms with van der Waals surface area (Å²) < 4.78 is 5.35. The first-order chi connectivity index (χ1) is 10.9. The van der Waals surface area contributed by atoms with Crippen LogP contribution in [0.3, 0.4) is 0 Å². The van der Waals surface area contributed by atoms with Gasteiger partial charge < -0.3 is 10.1 Å². The average molecular weight is 314 g/mol. The summed E-state index contributed by atoms with van der Waals surface area (Å²) in [6.07, 6.45) is 0. The van der Waals surface area contributed by atoms with E-state index in [1.165, 1.54) is 5.56 Å². The fourth-order valence-electron chi connectivity index (χ4n) is 2.31. The van der Waals surface area contributed by atoms with Gasteiger partial charge in [0.15, 0.2) is 0 Å². The first kappa shape index (κ1) is 17.5. The number of ether oxygens (including phenoxy) is 1. The lowest BCUT2D eigenvalue weighted by atomic mass is 9.98. The molecule has 0 unspecified atom stereocenters. The van der Waals surface area contributed by atoms with Crippen molar-refractivity contribution in [2.75, 3.05) is 32.8 Å². The van der Waals surface area contributed by atoms with Gasteiger partial charge in [0.2, 0.25) is 0 Å². The standard InChI is InChI=1S/C19H26N2O2/c1-19(2,3)9-4-10-20-18(22)17-7-5-16(6-8-17)15-21-11-13-23-14-12-21/h5-8H,10-15H2,1-3H3,(H,20,22). The van der Waals surface area contributed by atoms with E-state index in [0.29, 0.717) is 12.1 Å². The van der Waals surface area contributed by atoms with Gasteiger partial charge in [-0.15, -0.1) is 0 Å². The predicted octanol–water partition coefficient (Wildman–Crippen LogP) is 2.30. The minimum absolute atomic E-state index is 0.0358. The van der Waals surface area contributed by atoms with Crippen LogP contribution in [0.15, 0.2) is 24.3 Å². The van der Waals surface area contributed by atoms with Crippen molar-refractivity contribution in [3.05, 3.63) is 35.4 Å². The van der Waals surface area contributed by atoms with Gasteiger partial charge in [-0.1, -0.05) is 24.0 Å². The van der Waals surface area contributed by atoms with E-state index in [9.17, 15) is 4.79 Å². The molecule has 0 aromatic heterocycles. The number of rotatable bonds is 4. The molecule has 1 saturated heterocycles. The Hall–Kier alpha value is -1.83. The number of carbonyl (C=O) groups excluding carboxylic acids is 1. The Balaban J connectivity index is 1.83. The van der Waals surface area contributed by atoms with E-state index in [-0.39, 0.29) is 11.3 Å². The first-order valence-corrected chi connectivity index (χ1v) is 8.11. The van der Waals surface area contributed by atoms with Crippen LogP contribution < -0.4 is 5.32 Å². The lowest BCUT2D eigenvalue weighted by Crippen LogP contribution is -2.35. The Bertz CT molecular complexity index is 570. The van der Waals surface area contributed by atoms with Crippen LogP contribution >= 0.6 is 0 Å². The summed E-state index contributed by atoms with van der Waals surface area (Å²) in [5, 5.41) is 2.83. The fourth-order valence-corrected chi connectivity index (χ4v) is 2.31. The average Bonchev–Trinajstić information content (AvgIpc) is 2.52. The van der Waals surface area contributed by atoms with Gasteiger partial charge in [-0.3, -0.25) is 9.69 Å². The summed E-state index contributed by atoms with van der Waals surface area (Å²) in [6, 6.07) is 7.79. The molecule has 1 aromatic rings. The van der Waals surface area contributed by atoms with E-state index in [0.717, 1.165) is 32.8 Å². The Morgan fingerprint density at radius 2 is 1.87 bits per heavy atom. The third-order valence-corrected chi connectivity index (χ3v) is 3.53. The predicted molar refractivity (Wildman–Crippen MR) is 92.1 cm³/mol. The van der Waals surface area contributed by atoms with Crippen LogP contribution in [-0.4, -0.2) is 43.7 Å². The molecule has 124 valence electrons. The highest BCUT2D eigenvalue weighted by Gasteiger charge is 2.11. The zero-order chi connectivity index (χ0) is 16.7. The van der Waals surface area contributed by atoms with Crippen LogP contribution in [0.25, 0.3) is 0 Å². The van der Waals surface area contributed by atoms with Crippen molar-refractivity contribution in [1.29, 1.82) is 0 Å². The second-order valence-corrected chi connectivity index (χ2v) is 6.82. The van der Waals surface area contributed by atoms with Crippen molar-refractivity contribution in [2.24, 2.45) is 5.41 Å². The zero-order valence-corrected chi connectivity index (χ0v) is 14.3. The molecule has 1 fully saturated rings. The van der Waals surface area contributed by atoms with E-state index < -0.39 is 0 Å². The molecule has 0 spiro atoms. The number of carbonyl (C=O) groups is 1. The molecule has 23 heavy (non-hydrogen) atoms. The van der Waals surface area contributed by atoms with Crippen molar-refractivity contribution in [3.8, 4) is 11.8 Å². The van der Waals surface area contributed by atoms with Crippen LogP contribution in [0.4, 0.5) is 0 Å². The molecule has 0 aliphatic carbocycles. The Labute approximate surface area is 139 Å². The number of morpholine rings is 1. The van der Waals surface area contributed by atoms with Gasteiger partial charge in [-0.25, -0.2) is 0 Å². The van der Waals surface area contributed by atoms with Crippen molar-refractivity contribution in [3.63, 3.8) is 0 Å². The van der Waals surface area contributed by atoms with Crippen LogP contribution in [0.5, 0.6) is 0 Å². The molecule has 1 aliphatic rings. The normalized spacial score (nSPS) is 15.6. The van der Waals surface area contributed by atoms with Gasteiger partial charge in [0.25, 0.3) is 5.91 Å². The van der Waals surface area contributed by atoms with Crippen LogP contribution in [0.2, 0.25) is 0 Å². The fraction of sp³-hybridized carbons (Fsp3) is 0.526.